The average Bonchev–Trinajstić information content (AvgIpc) is 3.04. The molecule has 1 amide bonds. The summed E-state index contributed by atoms with van der Waals surface area (Å²) < 4.78 is 10.3. The highest BCUT2D eigenvalue weighted by atomic mass is 16.7. The van der Waals surface area contributed by atoms with Gasteiger partial charge in [0.2, 0.25) is 5.91 Å². The van der Waals surface area contributed by atoms with Crippen molar-refractivity contribution in [1.82, 2.24) is 5.32 Å². The Hall–Kier alpha value is -1.10. The van der Waals surface area contributed by atoms with Gasteiger partial charge in [-0.15, -0.1) is 0 Å². The van der Waals surface area contributed by atoms with Gasteiger partial charge in [0.15, 0.2) is 6.79 Å². The van der Waals surface area contributed by atoms with E-state index < -0.39 is 6.04 Å². The fraction of sp³-hybridized carbons (Fsp3) is 0.900. The second-order valence-electron chi connectivity index (χ2n) is 7.04. The molecule has 0 aromatic carbocycles. The largest absolute Gasteiger partial charge is 0.437 e. The Morgan fingerprint density at radius 3 is 2.04 bits per heavy atom. The van der Waals surface area contributed by atoms with Crippen LogP contribution in [0.3, 0.4) is 0 Å². The lowest BCUT2D eigenvalue weighted by molar-refractivity contribution is -0.158. The average molecular weight is 356 g/mol. The van der Waals surface area contributed by atoms with Crippen LogP contribution in [0, 0.1) is 0 Å². The van der Waals surface area contributed by atoms with Crippen LogP contribution in [0.1, 0.15) is 96.8 Å². The molecular weight excluding hydrogens is 318 g/mol. The quantitative estimate of drug-likeness (QED) is 0.252. The van der Waals surface area contributed by atoms with E-state index >= 15 is 0 Å². The van der Waals surface area contributed by atoms with E-state index in [0.29, 0.717) is 19.4 Å². The molecule has 1 heterocycles. The second-order valence-corrected chi connectivity index (χ2v) is 7.04. The molecule has 1 rings (SSSR count). The van der Waals surface area contributed by atoms with Crippen molar-refractivity contribution in [3.63, 3.8) is 0 Å². The van der Waals surface area contributed by atoms with Crippen molar-refractivity contribution in [2.75, 3.05) is 13.4 Å². The third kappa shape index (κ3) is 12.0. The molecule has 5 nitrogen and oxygen atoms in total. The highest BCUT2D eigenvalue weighted by Crippen LogP contribution is 2.12. The van der Waals surface area contributed by atoms with E-state index in [1.165, 1.54) is 70.6 Å². The molecule has 0 aromatic heterocycles. The van der Waals surface area contributed by atoms with Gasteiger partial charge >= 0.3 is 5.97 Å². The number of nitrogens with one attached hydrogen (secondary N) is 1. The molecule has 1 aliphatic heterocycles. The third-order valence-corrected chi connectivity index (χ3v) is 4.71. The van der Waals surface area contributed by atoms with Crippen molar-refractivity contribution in [1.29, 1.82) is 0 Å². The van der Waals surface area contributed by atoms with Crippen molar-refractivity contribution in [2.45, 2.75) is 103 Å². The number of ether oxygens (including phenoxy) is 2. The number of rotatable bonds is 16. The SMILES string of the molecule is CCCCCCCCCCCCCCOCOC(=O)C1CCC(=O)N1. The molecule has 0 radical (unpaired) electrons. The van der Waals surface area contributed by atoms with E-state index in [1.54, 1.807) is 0 Å². The molecule has 0 saturated carbocycles. The zero-order valence-corrected chi connectivity index (χ0v) is 16.0. The zero-order chi connectivity index (χ0) is 18.2. The van der Waals surface area contributed by atoms with Gasteiger partial charge in [0.1, 0.15) is 6.04 Å². The maximum absolute atomic E-state index is 11.6. The normalized spacial score (nSPS) is 16.8. The first kappa shape index (κ1) is 21.9. The van der Waals surface area contributed by atoms with E-state index in [9.17, 15) is 9.59 Å². The van der Waals surface area contributed by atoms with Gasteiger partial charge in [0, 0.05) is 6.42 Å². The van der Waals surface area contributed by atoms with Crippen LogP contribution in [0.5, 0.6) is 0 Å². The maximum atomic E-state index is 11.6. The Morgan fingerprint density at radius 1 is 0.960 bits per heavy atom. The van der Waals surface area contributed by atoms with Gasteiger partial charge in [0.25, 0.3) is 0 Å². The van der Waals surface area contributed by atoms with Gasteiger partial charge in [-0.05, 0) is 12.8 Å². The Kier molecular flexibility index (Phi) is 13.3. The van der Waals surface area contributed by atoms with Gasteiger partial charge in [-0.25, -0.2) is 4.79 Å². The van der Waals surface area contributed by atoms with Gasteiger partial charge in [-0.2, -0.15) is 0 Å². The summed E-state index contributed by atoms with van der Waals surface area (Å²) in [6.07, 6.45) is 16.7. The molecule has 5 heteroatoms. The molecule has 1 N–H and O–H groups in total. The summed E-state index contributed by atoms with van der Waals surface area (Å²) in [4.78, 5) is 22.6. The lowest BCUT2D eigenvalue weighted by atomic mass is 10.1. The summed E-state index contributed by atoms with van der Waals surface area (Å²) >= 11 is 0. The number of hydrogen-bond acceptors (Lipinski definition) is 4. The van der Waals surface area contributed by atoms with Gasteiger partial charge in [-0.1, -0.05) is 77.6 Å². The van der Waals surface area contributed by atoms with Crippen LogP contribution >= 0.6 is 0 Å². The van der Waals surface area contributed by atoms with E-state index in [4.69, 9.17) is 9.47 Å². The van der Waals surface area contributed by atoms with Crippen LogP contribution in [0.2, 0.25) is 0 Å². The van der Waals surface area contributed by atoms with Crippen molar-refractivity contribution in [2.24, 2.45) is 0 Å². The van der Waals surface area contributed by atoms with Crippen molar-refractivity contribution >= 4 is 11.9 Å². The number of esters is 1. The number of amides is 1. The van der Waals surface area contributed by atoms with E-state index in [-0.39, 0.29) is 18.7 Å². The first-order chi connectivity index (χ1) is 12.2. The van der Waals surface area contributed by atoms with Crippen LogP contribution in [0.4, 0.5) is 0 Å². The van der Waals surface area contributed by atoms with E-state index in [0.717, 1.165) is 6.42 Å². The molecular formula is C20H37NO4. The summed E-state index contributed by atoms with van der Waals surface area (Å²) in [5.74, 6) is -0.472. The first-order valence-electron chi connectivity index (χ1n) is 10.3. The predicted octanol–water partition coefficient (Wildman–Crippen LogP) is 4.48. The molecule has 146 valence electrons. The minimum atomic E-state index is -0.484. The van der Waals surface area contributed by atoms with Crippen molar-refractivity contribution in [3.05, 3.63) is 0 Å². The Bertz CT molecular complexity index is 360. The molecule has 1 aliphatic rings. The fourth-order valence-corrected chi connectivity index (χ4v) is 3.10. The third-order valence-electron chi connectivity index (χ3n) is 4.71. The number of unbranched alkanes of at least 4 members (excludes halogenated alkanes) is 11. The van der Waals surface area contributed by atoms with Gasteiger partial charge < -0.3 is 14.8 Å². The molecule has 1 saturated heterocycles. The summed E-state index contributed by atoms with van der Waals surface area (Å²) in [5.41, 5.74) is 0. The Labute approximate surface area is 153 Å². The minimum absolute atomic E-state index is 0.0107. The molecule has 0 bridgehead atoms. The van der Waals surface area contributed by atoms with Crippen molar-refractivity contribution < 1.29 is 19.1 Å². The highest BCUT2D eigenvalue weighted by molar-refractivity contribution is 5.87. The Balaban J connectivity index is 1.74. The summed E-state index contributed by atoms with van der Waals surface area (Å²) in [6.45, 7) is 2.87. The number of carbonyl (C=O) groups excluding carboxylic acids is 2. The molecule has 1 unspecified atom stereocenters. The predicted molar refractivity (Wildman–Crippen MR) is 99.2 cm³/mol. The van der Waals surface area contributed by atoms with Crippen LogP contribution < -0.4 is 5.32 Å². The lowest BCUT2D eigenvalue weighted by Crippen LogP contribution is -2.34. The summed E-state index contributed by atoms with van der Waals surface area (Å²) in [7, 11) is 0. The van der Waals surface area contributed by atoms with Gasteiger partial charge in [-0.3, -0.25) is 4.79 Å². The second kappa shape index (κ2) is 15.2. The molecule has 1 atom stereocenters. The minimum Gasteiger partial charge on any atom is -0.437 e. The lowest BCUT2D eigenvalue weighted by Gasteiger charge is -2.10. The summed E-state index contributed by atoms with van der Waals surface area (Å²) in [6, 6.07) is -0.484. The van der Waals surface area contributed by atoms with Gasteiger partial charge in [0.05, 0.1) is 6.61 Å². The zero-order valence-electron chi connectivity index (χ0n) is 16.0. The first-order valence-corrected chi connectivity index (χ1v) is 10.3. The fourth-order valence-electron chi connectivity index (χ4n) is 3.10. The Morgan fingerprint density at radius 2 is 1.52 bits per heavy atom. The standard InChI is InChI=1S/C20H37NO4/c1-2-3-4-5-6-7-8-9-10-11-12-13-16-24-17-25-20(23)18-14-15-19(22)21-18/h18H,2-17H2,1H3,(H,21,22). The van der Waals surface area contributed by atoms with E-state index in [1.807, 2.05) is 0 Å². The van der Waals surface area contributed by atoms with Crippen LogP contribution in [0.25, 0.3) is 0 Å². The monoisotopic (exact) mass is 355 g/mol. The number of hydrogen-bond donors (Lipinski definition) is 1. The molecule has 1 fully saturated rings. The van der Waals surface area contributed by atoms with E-state index in [2.05, 4.69) is 12.2 Å². The maximum Gasteiger partial charge on any atom is 0.330 e. The van der Waals surface area contributed by atoms with Crippen molar-refractivity contribution in [3.8, 4) is 0 Å². The highest BCUT2D eigenvalue weighted by Gasteiger charge is 2.28. The summed E-state index contributed by atoms with van der Waals surface area (Å²) in [5, 5.41) is 2.59. The number of carbonyl (C=O) groups is 2. The molecule has 0 spiro atoms. The molecule has 0 aromatic rings. The van der Waals surface area contributed by atoms with Crippen LogP contribution in [-0.2, 0) is 19.1 Å². The molecule has 25 heavy (non-hydrogen) atoms. The molecule has 0 aliphatic carbocycles. The van der Waals surface area contributed by atoms with Crippen LogP contribution in [0.15, 0.2) is 0 Å². The van der Waals surface area contributed by atoms with Crippen LogP contribution in [-0.4, -0.2) is 31.3 Å². The smallest absolute Gasteiger partial charge is 0.330 e. The topological polar surface area (TPSA) is 64.6 Å².